The van der Waals surface area contributed by atoms with Crippen LogP contribution < -0.4 is 0 Å². The van der Waals surface area contributed by atoms with Crippen LogP contribution in [0, 0.1) is 6.92 Å². The molecule has 0 aliphatic carbocycles. The zero-order chi connectivity index (χ0) is 11.7. The van der Waals surface area contributed by atoms with E-state index in [9.17, 15) is 4.79 Å². The molecule has 2 rings (SSSR count). The Morgan fingerprint density at radius 3 is 2.94 bits per heavy atom. The SMILES string of the molecule is Cc1c2c(Cl)cccc2nn1CCC(=O)O. The molecule has 2 aromatic rings. The number of rotatable bonds is 3. The van der Waals surface area contributed by atoms with Crippen molar-refractivity contribution in [1.82, 2.24) is 9.78 Å². The van der Waals surface area contributed by atoms with Crippen molar-refractivity contribution in [2.24, 2.45) is 0 Å². The number of carbonyl (C=O) groups is 1. The Morgan fingerprint density at radius 2 is 2.31 bits per heavy atom. The molecule has 0 amide bonds. The van der Waals surface area contributed by atoms with Gasteiger partial charge in [-0.1, -0.05) is 17.7 Å². The van der Waals surface area contributed by atoms with Gasteiger partial charge < -0.3 is 5.11 Å². The van der Waals surface area contributed by atoms with Crippen LogP contribution in [0.25, 0.3) is 10.9 Å². The third kappa shape index (κ3) is 1.88. The minimum Gasteiger partial charge on any atom is -0.481 e. The summed E-state index contributed by atoms with van der Waals surface area (Å²) in [6.45, 7) is 2.26. The van der Waals surface area contributed by atoms with E-state index in [1.165, 1.54) is 0 Å². The molecular formula is C11H11ClN2O2. The highest BCUT2D eigenvalue weighted by Gasteiger charge is 2.10. The minimum atomic E-state index is -0.829. The van der Waals surface area contributed by atoms with Gasteiger partial charge in [-0.2, -0.15) is 5.10 Å². The van der Waals surface area contributed by atoms with Gasteiger partial charge in [0.05, 0.1) is 23.5 Å². The van der Waals surface area contributed by atoms with Crippen molar-refractivity contribution >= 4 is 28.5 Å². The van der Waals surface area contributed by atoms with E-state index in [0.717, 1.165) is 16.6 Å². The maximum Gasteiger partial charge on any atom is 0.305 e. The lowest BCUT2D eigenvalue weighted by molar-refractivity contribution is -0.137. The van der Waals surface area contributed by atoms with Gasteiger partial charge in [-0.05, 0) is 19.1 Å². The van der Waals surface area contributed by atoms with Crippen LogP contribution in [-0.2, 0) is 11.3 Å². The van der Waals surface area contributed by atoms with Gasteiger partial charge in [0, 0.05) is 11.1 Å². The van der Waals surface area contributed by atoms with Crippen molar-refractivity contribution in [3.8, 4) is 0 Å². The van der Waals surface area contributed by atoms with E-state index >= 15 is 0 Å². The van der Waals surface area contributed by atoms with E-state index in [1.807, 2.05) is 19.1 Å². The van der Waals surface area contributed by atoms with E-state index in [1.54, 1.807) is 10.7 Å². The lowest BCUT2D eigenvalue weighted by atomic mass is 10.2. The van der Waals surface area contributed by atoms with Gasteiger partial charge in [0.2, 0.25) is 0 Å². The molecule has 0 aliphatic heterocycles. The molecule has 0 bridgehead atoms. The van der Waals surface area contributed by atoms with Gasteiger partial charge in [0.15, 0.2) is 0 Å². The molecule has 16 heavy (non-hydrogen) atoms. The molecule has 0 atom stereocenters. The van der Waals surface area contributed by atoms with Gasteiger partial charge in [0.25, 0.3) is 0 Å². The Labute approximate surface area is 97.4 Å². The molecule has 1 heterocycles. The molecule has 5 heteroatoms. The van der Waals surface area contributed by atoms with E-state index in [2.05, 4.69) is 5.10 Å². The third-order valence-corrected chi connectivity index (χ3v) is 2.82. The summed E-state index contributed by atoms with van der Waals surface area (Å²) in [5.74, 6) is -0.829. The average Bonchev–Trinajstić information content (AvgIpc) is 2.54. The predicted octanol–water partition coefficient (Wildman–Crippen LogP) is 2.47. The normalized spacial score (nSPS) is 10.9. The molecule has 0 radical (unpaired) electrons. The summed E-state index contributed by atoms with van der Waals surface area (Å²) in [6.07, 6.45) is 0.0620. The quantitative estimate of drug-likeness (QED) is 0.894. The summed E-state index contributed by atoms with van der Waals surface area (Å²) in [4.78, 5) is 10.5. The van der Waals surface area contributed by atoms with Gasteiger partial charge in [-0.15, -0.1) is 0 Å². The fourth-order valence-corrected chi connectivity index (χ4v) is 2.01. The Bertz CT molecular complexity index is 548. The monoisotopic (exact) mass is 238 g/mol. The van der Waals surface area contributed by atoms with Crippen LogP contribution in [0.5, 0.6) is 0 Å². The first-order chi connectivity index (χ1) is 7.59. The summed E-state index contributed by atoms with van der Waals surface area (Å²) in [6, 6.07) is 5.50. The molecule has 1 N–H and O–H groups in total. The van der Waals surface area contributed by atoms with Crippen molar-refractivity contribution in [1.29, 1.82) is 0 Å². The van der Waals surface area contributed by atoms with Crippen LogP contribution in [0.1, 0.15) is 12.1 Å². The minimum absolute atomic E-state index is 0.0620. The van der Waals surface area contributed by atoms with Gasteiger partial charge in [-0.25, -0.2) is 0 Å². The van der Waals surface area contributed by atoms with E-state index < -0.39 is 5.97 Å². The Balaban J connectivity index is 2.44. The zero-order valence-electron chi connectivity index (χ0n) is 8.77. The number of carboxylic acid groups (broad SMARTS) is 1. The zero-order valence-corrected chi connectivity index (χ0v) is 9.53. The molecule has 0 aliphatic rings. The lowest BCUT2D eigenvalue weighted by Crippen LogP contribution is -2.07. The second kappa shape index (κ2) is 4.14. The largest absolute Gasteiger partial charge is 0.481 e. The van der Waals surface area contributed by atoms with Crippen LogP contribution in [0.15, 0.2) is 18.2 Å². The van der Waals surface area contributed by atoms with E-state index in [-0.39, 0.29) is 6.42 Å². The van der Waals surface area contributed by atoms with Gasteiger partial charge in [-0.3, -0.25) is 9.48 Å². The summed E-state index contributed by atoms with van der Waals surface area (Å²) in [5, 5.41) is 14.5. The standard InChI is InChI=1S/C11H11ClN2O2/c1-7-11-8(12)3-2-4-9(11)13-14(7)6-5-10(15)16/h2-4H,5-6H2,1H3,(H,15,16). The maximum atomic E-state index is 10.5. The average molecular weight is 239 g/mol. The molecule has 0 spiro atoms. The number of benzene rings is 1. The number of halogens is 1. The number of fused-ring (bicyclic) bond motifs is 1. The number of aryl methyl sites for hydroxylation is 2. The smallest absolute Gasteiger partial charge is 0.305 e. The van der Waals surface area contributed by atoms with Crippen LogP contribution >= 0.6 is 11.6 Å². The van der Waals surface area contributed by atoms with Crippen LogP contribution in [-0.4, -0.2) is 20.9 Å². The molecule has 1 aromatic heterocycles. The van der Waals surface area contributed by atoms with Crippen LogP contribution in [0.4, 0.5) is 0 Å². The Kier molecular flexibility index (Phi) is 2.83. The highest BCUT2D eigenvalue weighted by Crippen LogP contribution is 2.25. The summed E-state index contributed by atoms with van der Waals surface area (Å²) < 4.78 is 1.69. The fraction of sp³-hybridized carbons (Fsp3) is 0.273. The molecule has 1 aromatic carbocycles. The number of carboxylic acids is 1. The fourth-order valence-electron chi connectivity index (χ4n) is 1.71. The van der Waals surface area contributed by atoms with E-state index in [4.69, 9.17) is 16.7 Å². The highest BCUT2D eigenvalue weighted by atomic mass is 35.5. The highest BCUT2D eigenvalue weighted by molar-refractivity contribution is 6.35. The maximum absolute atomic E-state index is 10.5. The summed E-state index contributed by atoms with van der Waals surface area (Å²) in [7, 11) is 0. The van der Waals surface area contributed by atoms with Crippen molar-refractivity contribution in [3.63, 3.8) is 0 Å². The number of nitrogens with zero attached hydrogens (tertiary/aromatic N) is 2. The van der Waals surface area contributed by atoms with Crippen molar-refractivity contribution in [2.45, 2.75) is 19.9 Å². The van der Waals surface area contributed by atoms with Crippen LogP contribution in [0.2, 0.25) is 5.02 Å². The van der Waals surface area contributed by atoms with Crippen LogP contribution in [0.3, 0.4) is 0 Å². The van der Waals surface area contributed by atoms with Gasteiger partial charge in [0.1, 0.15) is 0 Å². The third-order valence-electron chi connectivity index (χ3n) is 2.51. The Morgan fingerprint density at radius 1 is 1.56 bits per heavy atom. The second-order valence-corrected chi connectivity index (χ2v) is 3.99. The molecule has 0 saturated carbocycles. The lowest BCUT2D eigenvalue weighted by Gasteiger charge is -2.01. The second-order valence-electron chi connectivity index (χ2n) is 3.59. The molecule has 0 saturated heterocycles. The first kappa shape index (κ1) is 11.0. The molecule has 0 fully saturated rings. The molecule has 84 valence electrons. The summed E-state index contributed by atoms with van der Waals surface area (Å²) >= 11 is 6.07. The molecule has 0 unspecified atom stereocenters. The first-order valence-electron chi connectivity index (χ1n) is 4.93. The summed E-state index contributed by atoms with van der Waals surface area (Å²) in [5.41, 5.74) is 1.71. The van der Waals surface area contributed by atoms with E-state index in [0.29, 0.717) is 11.6 Å². The van der Waals surface area contributed by atoms with Crippen molar-refractivity contribution in [3.05, 3.63) is 28.9 Å². The Hall–Kier alpha value is -1.55. The van der Waals surface area contributed by atoms with Crippen molar-refractivity contribution in [2.75, 3.05) is 0 Å². The topological polar surface area (TPSA) is 55.1 Å². The number of hydrogen-bond acceptors (Lipinski definition) is 2. The number of hydrogen-bond donors (Lipinski definition) is 1. The molecular weight excluding hydrogens is 228 g/mol. The number of aromatic nitrogens is 2. The van der Waals surface area contributed by atoms with Crippen molar-refractivity contribution < 1.29 is 9.90 Å². The predicted molar refractivity (Wildman–Crippen MR) is 61.7 cm³/mol. The number of aliphatic carboxylic acids is 1. The molecule has 4 nitrogen and oxygen atoms in total. The van der Waals surface area contributed by atoms with Gasteiger partial charge >= 0.3 is 5.97 Å². The first-order valence-corrected chi connectivity index (χ1v) is 5.31.